The fourth-order valence-electron chi connectivity index (χ4n) is 3.38. The Kier molecular flexibility index (Phi) is 8.86. The van der Waals surface area contributed by atoms with Gasteiger partial charge in [0.1, 0.15) is 10.9 Å². The summed E-state index contributed by atoms with van der Waals surface area (Å²) in [5.41, 5.74) is 11.0. The molecule has 0 unspecified atom stereocenters. The van der Waals surface area contributed by atoms with Crippen LogP contribution in [0.4, 0.5) is 11.4 Å². The van der Waals surface area contributed by atoms with Gasteiger partial charge >= 0.3 is 0 Å². The van der Waals surface area contributed by atoms with Gasteiger partial charge < -0.3 is 26.3 Å². The van der Waals surface area contributed by atoms with Gasteiger partial charge in [-0.3, -0.25) is 19.3 Å². The quantitative estimate of drug-likeness (QED) is 0.462. The lowest BCUT2D eigenvalue weighted by atomic mass is 10.0. The first-order valence-corrected chi connectivity index (χ1v) is 11.6. The SMILES string of the molecule is CCCC[C@H](C(=O)NC(C)(C)C)N(C(=O)c1snc(C(N)=O)c1N)c1ccc(OC)c(OC)c1. The molecule has 0 saturated heterocycles. The summed E-state index contributed by atoms with van der Waals surface area (Å²) in [6.45, 7) is 7.60. The molecule has 2 rings (SSSR count). The standard InChI is InChI=1S/C23H33N5O5S/c1-7-8-9-14(21(30)26-23(2,3)4)28(13-10-11-15(32-5)16(12-13)33-6)22(31)19-17(24)18(20(25)29)27-34-19/h10-12,14H,7-9,24H2,1-6H3,(H2,25,29)(H,26,30)/t14-/m1/s1. The number of rotatable bonds is 10. The second kappa shape index (κ2) is 11.2. The van der Waals surface area contributed by atoms with Gasteiger partial charge in [0.25, 0.3) is 11.8 Å². The summed E-state index contributed by atoms with van der Waals surface area (Å²) in [4.78, 5) is 40.3. The topological polar surface area (TPSA) is 150 Å². The summed E-state index contributed by atoms with van der Waals surface area (Å²) >= 11 is 0.765. The summed E-state index contributed by atoms with van der Waals surface area (Å²) in [5, 5.41) is 2.97. The maximum absolute atomic E-state index is 13.8. The second-order valence-electron chi connectivity index (χ2n) is 8.75. The summed E-state index contributed by atoms with van der Waals surface area (Å²) in [7, 11) is 2.99. The van der Waals surface area contributed by atoms with E-state index in [9.17, 15) is 14.4 Å². The predicted molar refractivity (Wildman–Crippen MR) is 133 cm³/mol. The molecule has 0 aliphatic carbocycles. The van der Waals surface area contributed by atoms with Gasteiger partial charge in [-0.2, -0.15) is 4.37 Å². The zero-order valence-corrected chi connectivity index (χ0v) is 21.2. The Balaban J connectivity index is 2.69. The summed E-state index contributed by atoms with van der Waals surface area (Å²) in [5.74, 6) is -0.866. The number of aromatic nitrogens is 1. The number of carbonyl (C=O) groups is 3. The van der Waals surface area contributed by atoms with Gasteiger partial charge in [-0.25, -0.2) is 0 Å². The van der Waals surface area contributed by atoms with Gasteiger partial charge in [-0.1, -0.05) is 19.8 Å². The fraction of sp³-hybridized carbons (Fsp3) is 0.478. The molecule has 0 aliphatic heterocycles. The molecule has 34 heavy (non-hydrogen) atoms. The van der Waals surface area contributed by atoms with E-state index in [2.05, 4.69) is 9.69 Å². The van der Waals surface area contributed by atoms with Gasteiger partial charge in [0.2, 0.25) is 5.91 Å². The Morgan fingerprint density at radius 3 is 2.32 bits per heavy atom. The van der Waals surface area contributed by atoms with Crippen LogP contribution in [0.15, 0.2) is 18.2 Å². The number of nitrogens with two attached hydrogens (primary N) is 2. The van der Waals surface area contributed by atoms with Crippen LogP contribution < -0.4 is 31.2 Å². The lowest BCUT2D eigenvalue weighted by molar-refractivity contribution is -0.123. The highest BCUT2D eigenvalue weighted by molar-refractivity contribution is 7.09. The number of methoxy groups -OCH3 is 2. The highest BCUT2D eigenvalue weighted by atomic mass is 32.1. The van der Waals surface area contributed by atoms with E-state index in [0.717, 1.165) is 18.0 Å². The third-order valence-electron chi connectivity index (χ3n) is 4.96. The molecule has 0 fully saturated rings. The van der Waals surface area contributed by atoms with Crippen LogP contribution in [0.2, 0.25) is 0 Å². The van der Waals surface area contributed by atoms with Gasteiger partial charge in [0, 0.05) is 17.3 Å². The van der Waals surface area contributed by atoms with E-state index in [1.807, 2.05) is 27.7 Å². The minimum atomic E-state index is -0.858. The zero-order chi connectivity index (χ0) is 25.6. The number of hydrogen-bond acceptors (Lipinski definition) is 8. The fourth-order valence-corrected chi connectivity index (χ4v) is 4.12. The van der Waals surface area contributed by atoms with Crippen molar-refractivity contribution in [3.8, 4) is 11.5 Å². The number of nitrogen functional groups attached to an aromatic ring is 1. The van der Waals surface area contributed by atoms with Crippen LogP contribution in [0.3, 0.4) is 0 Å². The molecule has 0 aliphatic rings. The van der Waals surface area contributed by atoms with Crippen molar-refractivity contribution in [2.45, 2.75) is 58.5 Å². The molecule has 10 nitrogen and oxygen atoms in total. The van der Waals surface area contributed by atoms with Crippen LogP contribution in [-0.4, -0.2) is 47.9 Å². The molecule has 1 aromatic carbocycles. The van der Waals surface area contributed by atoms with Gasteiger partial charge in [-0.15, -0.1) is 0 Å². The lowest BCUT2D eigenvalue weighted by Crippen LogP contribution is -2.54. The molecule has 0 bridgehead atoms. The minimum absolute atomic E-state index is 0.0219. The molecule has 0 radical (unpaired) electrons. The largest absolute Gasteiger partial charge is 0.493 e. The third kappa shape index (κ3) is 6.16. The molecular weight excluding hydrogens is 458 g/mol. The van der Waals surface area contributed by atoms with Crippen LogP contribution >= 0.6 is 11.5 Å². The van der Waals surface area contributed by atoms with Gasteiger partial charge in [-0.05, 0) is 50.9 Å². The number of ether oxygens (including phenoxy) is 2. The molecular formula is C23H33N5O5S. The molecule has 1 heterocycles. The Labute approximate surface area is 203 Å². The maximum Gasteiger partial charge on any atom is 0.272 e. The predicted octanol–water partition coefficient (Wildman–Crippen LogP) is 2.96. The van der Waals surface area contributed by atoms with Crippen LogP contribution in [0.1, 0.15) is 67.1 Å². The number of benzene rings is 1. The van der Waals surface area contributed by atoms with Crippen LogP contribution in [0.25, 0.3) is 0 Å². The minimum Gasteiger partial charge on any atom is -0.493 e. The Bertz CT molecular complexity index is 1050. The summed E-state index contributed by atoms with van der Waals surface area (Å²) < 4.78 is 14.7. The highest BCUT2D eigenvalue weighted by Crippen LogP contribution is 2.35. The first kappa shape index (κ1) is 26.9. The number of amides is 3. The number of nitrogens with zero attached hydrogens (tertiary/aromatic N) is 2. The molecule has 0 spiro atoms. The van der Waals surface area contributed by atoms with Crippen molar-refractivity contribution in [2.75, 3.05) is 24.9 Å². The zero-order valence-electron chi connectivity index (χ0n) is 20.4. The van der Waals surface area contributed by atoms with E-state index in [-0.39, 0.29) is 22.2 Å². The maximum atomic E-state index is 13.8. The molecule has 1 aromatic heterocycles. The third-order valence-corrected chi connectivity index (χ3v) is 5.81. The normalized spacial score (nSPS) is 12.1. The van der Waals surface area contributed by atoms with Gasteiger partial charge in [0.15, 0.2) is 17.2 Å². The summed E-state index contributed by atoms with van der Waals surface area (Å²) in [6, 6.07) is 4.07. The van der Waals surface area contributed by atoms with E-state index in [1.165, 1.54) is 19.1 Å². The van der Waals surface area contributed by atoms with Crippen LogP contribution in [-0.2, 0) is 4.79 Å². The van der Waals surface area contributed by atoms with Crippen molar-refractivity contribution in [1.82, 2.24) is 9.69 Å². The van der Waals surface area contributed by atoms with E-state index in [0.29, 0.717) is 30.0 Å². The number of unbranched alkanes of at least 4 members (excludes halogenated alkanes) is 1. The van der Waals surface area contributed by atoms with Crippen LogP contribution in [0, 0.1) is 0 Å². The average Bonchev–Trinajstić information content (AvgIpc) is 3.16. The number of hydrogen-bond donors (Lipinski definition) is 3. The average molecular weight is 492 g/mol. The number of primary amides is 1. The molecule has 11 heteroatoms. The van der Waals surface area contributed by atoms with E-state index >= 15 is 0 Å². The van der Waals surface area contributed by atoms with Crippen LogP contribution in [0.5, 0.6) is 11.5 Å². The second-order valence-corrected chi connectivity index (χ2v) is 9.52. The van der Waals surface area contributed by atoms with Crippen molar-refractivity contribution in [1.29, 1.82) is 0 Å². The van der Waals surface area contributed by atoms with Crippen molar-refractivity contribution in [3.05, 3.63) is 28.8 Å². The lowest BCUT2D eigenvalue weighted by Gasteiger charge is -2.33. The molecule has 186 valence electrons. The first-order chi connectivity index (χ1) is 15.9. The summed E-state index contributed by atoms with van der Waals surface area (Å²) in [6.07, 6.45) is 1.92. The Morgan fingerprint density at radius 1 is 1.18 bits per heavy atom. The highest BCUT2D eigenvalue weighted by Gasteiger charge is 2.36. The Hall–Kier alpha value is -3.34. The van der Waals surface area contributed by atoms with Crippen molar-refractivity contribution in [2.24, 2.45) is 5.73 Å². The van der Waals surface area contributed by atoms with Gasteiger partial charge in [0.05, 0.1) is 19.9 Å². The van der Waals surface area contributed by atoms with E-state index in [4.69, 9.17) is 20.9 Å². The molecule has 3 amide bonds. The number of nitrogens with one attached hydrogen (secondary N) is 1. The Morgan fingerprint density at radius 2 is 1.82 bits per heavy atom. The first-order valence-electron chi connectivity index (χ1n) is 10.9. The molecule has 1 atom stereocenters. The number of anilines is 2. The van der Waals surface area contributed by atoms with Crippen molar-refractivity contribution >= 4 is 40.6 Å². The smallest absolute Gasteiger partial charge is 0.272 e. The number of carbonyl (C=O) groups excluding carboxylic acids is 3. The van der Waals surface area contributed by atoms with E-state index in [1.54, 1.807) is 18.2 Å². The molecule has 5 N–H and O–H groups in total. The van der Waals surface area contributed by atoms with Crippen molar-refractivity contribution < 1.29 is 23.9 Å². The van der Waals surface area contributed by atoms with E-state index < -0.39 is 23.4 Å². The monoisotopic (exact) mass is 491 g/mol. The van der Waals surface area contributed by atoms with Crippen molar-refractivity contribution in [3.63, 3.8) is 0 Å². The molecule has 0 saturated carbocycles. The molecule has 2 aromatic rings.